The van der Waals surface area contributed by atoms with Crippen LogP contribution in [0.5, 0.6) is 5.75 Å². The van der Waals surface area contributed by atoms with Crippen molar-refractivity contribution < 1.29 is 4.74 Å². The van der Waals surface area contributed by atoms with Gasteiger partial charge in [0.2, 0.25) is 0 Å². The van der Waals surface area contributed by atoms with Gasteiger partial charge in [0.1, 0.15) is 5.75 Å². The highest BCUT2D eigenvalue weighted by Gasteiger charge is 2.03. The molecule has 0 spiro atoms. The summed E-state index contributed by atoms with van der Waals surface area (Å²) in [6, 6.07) is 18.6. The van der Waals surface area contributed by atoms with Crippen molar-refractivity contribution >= 4 is 16.6 Å². The van der Waals surface area contributed by atoms with Gasteiger partial charge < -0.3 is 10.1 Å². The summed E-state index contributed by atoms with van der Waals surface area (Å²) in [6.07, 6.45) is 2.22. The monoisotopic (exact) mass is 306 g/mol. The summed E-state index contributed by atoms with van der Waals surface area (Å²) in [5, 5.41) is 4.23. The van der Waals surface area contributed by atoms with Crippen LogP contribution in [0.15, 0.2) is 54.6 Å². The number of pyridine rings is 1. The molecule has 0 aliphatic heterocycles. The number of unbranched alkanes of at least 4 members (excludes halogenated alkanes) is 1. The maximum atomic E-state index is 5.76. The lowest BCUT2D eigenvalue weighted by atomic mass is 10.1. The quantitative estimate of drug-likeness (QED) is 0.642. The Bertz CT molecular complexity index is 781. The molecule has 0 unspecified atom stereocenters. The molecular formula is C20H22N2O. The van der Waals surface area contributed by atoms with Crippen molar-refractivity contribution in [3.05, 3.63) is 54.6 Å². The second-order valence-electron chi connectivity index (χ2n) is 5.58. The average molecular weight is 306 g/mol. The number of nitrogens with one attached hydrogen (secondary N) is 1. The van der Waals surface area contributed by atoms with Gasteiger partial charge in [-0.2, -0.15) is 0 Å². The van der Waals surface area contributed by atoms with Crippen molar-refractivity contribution in [1.82, 2.24) is 4.98 Å². The minimum Gasteiger partial charge on any atom is -0.494 e. The predicted molar refractivity (Wildman–Crippen MR) is 97.1 cm³/mol. The van der Waals surface area contributed by atoms with E-state index in [1.807, 2.05) is 19.2 Å². The van der Waals surface area contributed by atoms with Gasteiger partial charge in [0, 0.05) is 23.7 Å². The largest absolute Gasteiger partial charge is 0.494 e. The zero-order valence-corrected chi connectivity index (χ0v) is 13.7. The molecule has 0 saturated heterocycles. The van der Waals surface area contributed by atoms with Crippen molar-refractivity contribution in [2.75, 3.05) is 19.0 Å². The minimum atomic E-state index is 0.769. The van der Waals surface area contributed by atoms with E-state index in [2.05, 4.69) is 54.7 Å². The first-order valence-corrected chi connectivity index (χ1v) is 8.12. The van der Waals surface area contributed by atoms with Crippen LogP contribution in [0.3, 0.4) is 0 Å². The van der Waals surface area contributed by atoms with Gasteiger partial charge >= 0.3 is 0 Å². The molecule has 23 heavy (non-hydrogen) atoms. The lowest BCUT2D eigenvalue weighted by molar-refractivity contribution is 0.310. The highest BCUT2D eigenvalue weighted by molar-refractivity contribution is 5.83. The molecule has 0 bridgehead atoms. The van der Waals surface area contributed by atoms with Crippen molar-refractivity contribution in [3.63, 3.8) is 0 Å². The summed E-state index contributed by atoms with van der Waals surface area (Å²) in [4.78, 5) is 4.76. The Morgan fingerprint density at radius 2 is 1.83 bits per heavy atom. The van der Waals surface area contributed by atoms with E-state index in [0.29, 0.717) is 0 Å². The van der Waals surface area contributed by atoms with Crippen molar-refractivity contribution in [3.8, 4) is 17.0 Å². The zero-order valence-electron chi connectivity index (χ0n) is 13.7. The Balaban J connectivity index is 1.85. The summed E-state index contributed by atoms with van der Waals surface area (Å²) < 4.78 is 5.76. The summed E-state index contributed by atoms with van der Waals surface area (Å²) in [7, 11) is 1.92. The molecule has 0 aliphatic carbocycles. The Morgan fingerprint density at radius 1 is 1.00 bits per heavy atom. The number of rotatable bonds is 6. The number of hydrogen-bond donors (Lipinski definition) is 1. The molecule has 3 aromatic rings. The lowest BCUT2D eigenvalue weighted by Crippen LogP contribution is -1.96. The Hall–Kier alpha value is -2.55. The van der Waals surface area contributed by atoms with Crippen LogP contribution in [0.25, 0.3) is 22.2 Å². The van der Waals surface area contributed by atoms with Crippen LogP contribution >= 0.6 is 0 Å². The van der Waals surface area contributed by atoms with E-state index in [9.17, 15) is 0 Å². The molecule has 1 aromatic heterocycles. The molecule has 0 fully saturated rings. The average Bonchev–Trinajstić information content (AvgIpc) is 2.61. The molecule has 0 radical (unpaired) electrons. The van der Waals surface area contributed by atoms with Crippen LogP contribution in [0.1, 0.15) is 19.8 Å². The second kappa shape index (κ2) is 7.14. The van der Waals surface area contributed by atoms with Crippen LogP contribution in [-0.4, -0.2) is 18.6 Å². The van der Waals surface area contributed by atoms with Gasteiger partial charge in [-0.05, 0) is 42.8 Å². The number of benzene rings is 2. The van der Waals surface area contributed by atoms with Crippen molar-refractivity contribution in [2.45, 2.75) is 19.8 Å². The Labute approximate surface area is 137 Å². The first-order valence-electron chi connectivity index (χ1n) is 8.12. The number of hydrogen-bond acceptors (Lipinski definition) is 3. The SMILES string of the molecule is CCCCOc1ccc2nc(-c3ccc(NC)cc3)ccc2c1. The molecular weight excluding hydrogens is 284 g/mol. The van der Waals surface area contributed by atoms with Gasteiger partial charge in [0.15, 0.2) is 0 Å². The van der Waals surface area contributed by atoms with Gasteiger partial charge in [-0.1, -0.05) is 31.5 Å². The fourth-order valence-corrected chi connectivity index (χ4v) is 2.50. The molecule has 3 rings (SSSR count). The molecule has 0 amide bonds. The van der Waals surface area contributed by atoms with E-state index < -0.39 is 0 Å². The Kier molecular flexibility index (Phi) is 4.77. The molecule has 118 valence electrons. The van der Waals surface area contributed by atoms with Gasteiger partial charge in [-0.15, -0.1) is 0 Å². The summed E-state index contributed by atoms with van der Waals surface area (Å²) in [5.41, 5.74) is 4.19. The highest BCUT2D eigenvalue weighted by Crippen LogP contribution is 2.25. The van der Waals surface area contributed by atoms with E-state index >= 15 is 0 Å². The van der Waals surface area contributed by atoms with E-state index in [-0.39, 0.29) is 0 Å². The normalized spacial score (nSPS) is 10.7. The van der Waals surface area contributed by atoms with E-state index in [0.717, 1.165) is 53.0 Å². The zero-order chi connectivity index (χ0) is 16.1. The minimum absolute atomic E-state index is 0.769. The van der Waals surface area contributed by atoms with E-state index in [1.165, 1.54) is 0 Å². The molecule has 1 heterocycles. The highest BCUT2D eigenvalue weighted by atomic mass is 16.5. The predicted octanol–water partition coefficient (Wildman–Crippen LogP) is 5.12. The molecule has 2 aromatic carbocycles. The molecule has 3 nitrogen and oxygen atoms in total. The number of nitrogens with zero attached hydrogens (tertiary/aromatic N) is 1. The second-order valence-corrected chi connectivity index (χ2v) is 5.58. The van der Waals surface area contributed by atoms with Crippen LogP contribution < -0.4 is 10.1 Å². The van der Waals surface area contributed by atoms with Crippen molar-refractivity contribution in [2.24, 2.45) is 0 Å². The van der Waals surface area contributed by atoms with Gasteiger partial charge in [-0.25, -0.2) is 4.98 Å². The number of anilines is 1. The van der Waals surface area contributed by atoms with Crippen molar-refractivity contribution in [1.29, 1.82) is 0 Å². The third-order valence-electron chi connectivity index (χ3n) is 3.90. The van der Waals surface area contributed by atoms with Gasteiger partial charge in [0.25, 0.3) is 0 Å². The topological polar surface area (TPSA) is 34.1 Å². The fraction of sp³-hybridized carbons (Fsp3) is 0.250. The first-order chi connectivity index (χ1) is 11.3. The van der Waals surface area contributed by atoms with Crippen LogP contribution in [-0.2, 0) is 0 Å². The molecule has 0 aliphatic rings. The fourth-order valence-electron chi connectivity index (χ4n) is 2.50. The maximum absolute atomic E-state index is 5.76. The third kappa shape index (κ3) is 3.62. The van der Waals surface area contributed by atoms with Crippen LogP contribution in [0, 0.1) is 0 Å². The van der Waals surface area contributed by atoms with E-state index in [4.69, 9.17) is 9.72 Å². The summed E-state index contributed by atoms with van der Waals surface area (Å²) >= 11 is 0. The standard InChI is InChI=1S/C20H22N2O/c1-3-4-13-23-18-10-12-20-16(14-18)7-11-19(22-20)15-5-8-17(21-2)9-6-15/h5-12,14,21H,3-4,13H2,1-2H3. The van der Waals surface area contributed by atoms with Gasteiger partial charge in [0.05, 0.1) is 17.8 Å². The summed E-state index contributed by atoms with van der Waals surface area (Å²) in [5.74, 6) is 0.916. The van der Waals surface area contributed by atoms with E-state index in [1.54, 1.807) is 0 Å². The first kappa shape index (κ1) is 15.3. The number of ether oxygens (including phenoxy) is 1. The smallest absolute Gasteiger partial charge is 0.120 e. The third-order valence-corrected chi connectivity index (χ3v) is 3.90. The van der Waals surface area contributed by atoms with Crippen LogP contribution in [0.2, 0.25) is 0 Å². The number of aromatic nitrogens is 1. The number of fused-ring (bicyclic) bond motifs is 1. The lowest BCUT2D eigenvalue weighted by Gasteiger charge is -2.08. The van der Waals surface area contributed by atoms with Crippen LogP contribution in [0.4, 0.5) is 5.69 Å². The molecule has 1 N–H and O–H groups in total. The molecule has 3 heteroatoms. The Morgan fingerprint density at radius 3 is 2.57 bits per heavy atom. The van der Waals surface area contributed by atoms with Gasteiger partial charge in [-0.3, -0.25) is 0 Å². The molecule has 0 saturated carbocycles. The molecule has 0 atom stereocenters. The summed E-state index contributed by atoms with van der Waals surface area (Å²) in [6.45, 7) is 2.93. The maximum Gasteiger partial charge on any atom is 0.120 e.